The van der Waals surface area contributed by atoms with Crippen LogP contribution in [0.15, 0.2) is 18.3 Å². The van der Waals surface area contributed by atoms with Crippen molar-refractivity contribution >= 4 is 28.7 Å². The second kappa shape index (κ2) is 4.20. The maximum atomic E-state index is 11.7. The summed E-state index contributed by atoms with van der Waals surface area (Å²) in [5.74, 6) is 0.196. The minimum absolute atomic E-state index is 0.196. The van der Waals surface area contributed by atoms with E-state index in [9.17, 15) is 4.79 Å². The summed E-state index contributed by atoms with van der Waals surface area (Å²) in [5.41, 5.74) is 1.57. The molecule has 17 heavy (non-hydrogen) atoms. The minimum Gasteiger partial charge on any atom is -0.293 e. The number of carbonyl (C=O) groups is 1. The van der Waals surface area contributed by atoms with Crippen LogP contribution < -0.4 is 0 Å². The van der Waals surface area contributed by atoms with Crippen LogP contribution in [0, 0.1) is 0 Å². The molecule has 0 fully saturated rings. The smallest absolute Gasteiger partial charge is 0.174 e. The zero-order chi connectivity index (χ0) is 11.8. The molecule has 0 N–H and O–H groups in total. The summed E-state index contributed by atoms with van der Waals surface area (Å²) < 4.78 is 0. The minimum atomic E-state index is 0.196. The average Bonchev–Trinajstić information content (AvgIpc) is 2.75. The molecule has 0 unspecified atom stereocenters. The van der Waals surface area contributed by atoms with Gasteiger partial charge < -0.3 is 0 Å². The molecule has 1 aliphatic carbocycles. The first-order chi connectivity index (χ1) is 8.25. The molecule has 0 spiro atoms. The highest BCUT2D eigenvalue weighted by atomic mass is 35.5. The summed E-state index contributed by atoms with van der Waals surface area (Å²) in [7, 11) is 0. The second-order valence-electron chi connectivity index (χ2n) is 3.91. The standard InChI is InChI=1S/C12H9ClN2OS/c13-7-3-2-6-14-10(7)12-15-8-4-1-5-9(16)11(8)17-12/h2-3,6H,1,4-5H2. The van der Waals surface area contributed by atoms with E-state index >= 15 is 0 Å². The Balaban J connectivity index is 2.11. The van der Waals surface area contributed by atoms with Crippen molar-refractivity contribution in [2.75, 3.05) is 0 Å². The summed E-state index contributed by atoms with van der Waals surface area (Å²) in [6.45, 7) is 0. The Morgan fingerprint density at radius 3 is 3.00 bits per heavy atom. The highest BCUT2D eigenvalue weighted by Crippen LogP contribution is 2.34. The van der Waals surface area contributed by atoms with E-state index in [1.807, 2.05) is 0 Å². The quantitative estimate of drug-likeness (QED) is 0.793. The number of rotatable bonds is 1. The number of hydrogen-bond donors (Lipinski definition) is 0. The number of hydrogen-bond acceptors (Lipinski definition) is 4. The van der Waals surface area contributed by atoms with Crippen LogP contribution in [0.4, 0.5) is 0 Å². The lowest BCUT2D eigenvalue weighted by Gasteiger charge is -2.06. The third-order valence-corrected chi connectivity index (χ3v) is 4.18. The second-order valence-corrected chi connectivity index (χ2v) is 5.31. The molecule has 3 rings (SSSR count). The number of aryl methyl sites for hydroxylation is 1. The molecule has 0 aromatic carbocycles. The van der Waals surface area contributed by atoms with Gasteiger partial charge in [-0.15, -0.1) is 11.3 Å². The maximum Gasteiger partial charge on any atom is 0.174 e. The summed E-state index contributed by atoms with van der Waals surface area (Å²) in [6, 6.07) is 3.57. The Bertz CT molecular complexity index is 594. The van der Waals surface area contributed by atoms with Gasteiger partial charge in [0.2, 0.25) is 0 Å². The number of ketones is 1. The van der Waals surface area contributed by atoms with E-state index in [0.717, 1.165) is 28.4 Å². The van der Waals surface area contributed by atoms with Crippen LogP contribution in [-0.2, 0) is 6.42 Å². The van der Waals surface area contributed by atoms with E-state index in [1.165, 1.54) is 11.3 Å². The Kier molecular flexibility index (Phi) is 2.68. The van der Waals surface area contributed by atoms with Gasteiger partial charge in [0, 0.05) is 12.6 Å². The fourth-order valence-corrected chi connectivity index (χ4v) is 3.27. The molecule has 0 bridgehead atoms. The van der Waals surface area contributed by atoms with E-state index in [0.29, 0.717) is 17.1 Å². The molecule has 3 nitrogen and oxygen atoms in total. The van der Waals surface area contributed by atoms with Gasteiger partial charge >= 0.3 is 0 Å². The lowest BCUT2D eigenvalue weighted by Crippen LogP contribution is -2.07. The van der Waals surface area contributed by atoms with Crippen LogP contribution in [0.3, 0.4) is 0 Å². The van der Waals surface area contributed by atoms with E-state index in [2.05, 4.69) is 9.97 Å². The highest BCUT2D eigenvalue weighted by Gasteiger charge is 2.23. The first-order valence-corrected chi connectivity index (χ1v) is 6.59. The van der Waals surface area contributed by atoms with Gasteiger partial charge in [0.05, 0.1) is 15.6 Å². The Morgan fingerprint density at radius 1 is 1.35 bits per heavy atom. The zero-order valence-electron chi connectivity index (χ0n) is 8.94. The molecule has 5 heteroatoms. The first-order valence-electron chi connectivity index (χ1n) is 5.39. The van der Waals surface area contributed by atoms with Crippen molar-refractivity contribution in [3.63, 3.8) is 0 Å². The normalized spacial score (nSPS) is 14.8. The number of thiazole rings is 1. The Morgan fingerprint density at radius 2 is 2.24 bits per heavy atom. The predicted molar refractivity (Wildman–Crippen MR) is 67.6 cm³/mol. The van der Waals surface area contributed by atoms with Crippen molar-refractivity contribution in [2.24, 2.45) is 0 Å². The van der Waals surface area contributed by atoms with Gasteiger partial charge in [0.15, 0.2) is 5.78 Å². The van der Waals surface area contributed by atoms with Gasteiger partial charge in [-0.3, -0.25) is 9.78 Å². The van der Waals surface area contributed by atoms with Crippen LogP contribution in [0.2, 0.25) is 5.02 Å². The molecule has 2 heterocycles. The SMILES string of the molecule is O=C1CCCc2nc(-c3ncccc3Cl)sc21. The summed E-state index contributed by atoms with van der Waals surface area (Å²) in [5, 5.41) is 1.32. The predicted octanol–water partition coefficient (Wildman–Crippen LogP) is 3.38. The van der Waals surface area contributed by atoms with Crippen LogP contribution in [0.1, 0.15) is 28.2 Å². The maximum absolute atomic E-state index is 11.7. The summed E-state index contributed by atoms with van der Waals surface area (Å²) in [4.78, 5) is 21.2. The number of nitrogens with zero attached hydrogens (tertiary/aromatic N) is 2. The van der Waals surface area contributed by atoms with E-state index in [-0.39, 0.29) is 5.78 Å². The van der Waals surface area contributed by atoms with E-state index in [1.54, 1.807) is 18.3 Å². The van der Waals surface area contributed by atoms with Crippen molar-refractivity contribution in [1.29, 1.82) is 0 Å². The number of carbonyl (C=O) groups excluding carboxylic acids is 1. The van der Waals surface area contributed by atoms with E-state index in [4.69, 9.17) is 11.6 Å². The molecule has 0 saturated carbocycles. The van der Waals surface area contributed by atoms with Gasteiger partial charge in [-0.25, -0.2) is 4.98 Å². The van der Waals surface area contributed by atoms with Gasteiger partial charge in [-0.05, 0) is 25.0 Å². The number of fused-ring (bicyclic) bond motifs is 1. The molecule has 0 saturated heterocycles. The number of pyridine rings is 1. The molecule has 2 aromatic rings. The summed E-state index contributed by atoms with van der Waals surface area (Å²) >= 11 is 7.48. The van der Waals surface area contributed by atoms with Crippen LogP contribution in [-0.4, -0.2) is 15.8 Å². The lowest BCUT2D eigenvalue weighted by molar-refractivity contribution is 0.0976. The summed E-state index contributed by atoms with van der Waals surface area (Å²) in [6.07, 6.45) is 4.08. The van der Waals surface area contributed by atoms with Crippen molar-refractivity contribution in [3.8, 4) is 10.7 Å². The van der Waals surface area contributed by atoms with Gasteiger partial charge in [0.25, 0.3) is 0 Å². The fraction of sp³-hybridized carbons (Fsp3) is 0.250. The highest BCUT2D eigenvalue weighted by molar-refractivity contribution is 7.17. The first kappa shape index (κ1) is 10.9. The van der Waals surface area contributed by atoms with Crippen molar-refractivity contribution in [3.05, 3.63) is 33.9 Å². The molecule has 0 amide bonds. The van der Waals surface area contributed by atoms with Crippen LogP contribution >= 0.6 is 22.9 Å². The molecule has 1 aliphatic rings. The van der Waals surface area contributed by atoms with Crippen LogP contribution in [0.25, 0.3) is 10.7 Å². The van der Waals surface area contributed by atoms with Gasteiger partial charge in [-0.1, -0.05) is 11.6 Å². The Hall–Kier alpha value is -1.26. The molecule has 86 valence electrons. The topological polar surface area (TPSA) is 42.9 Å². The van der Waals surface area contributed by atoms with Crippen molar-refractivity contribution in [2.45, 2.75) is 19.3 Å². The monoisotopic (exact) mass is 264 g/mol. The van der Waals surface area contributed by atoms with Crippen LogP contribution in [0.5, 0.6) is 0 Å². The largest absolute Gasteiger partial charge is 0.293 e. The number of Topliss-reactive ketones (excluding diaryl/α,β-unsaturated/α-hetero) is 1. The average molecular weight is 265 g/mol. The van der Waals surface area contributed by atoms with Gasteiger partial charge in [0.1, 0.15) is 10.7 Å². The zero-order valence-corrected chi connectivity index (χ0v) is 10.5. The molecule has 0 atom stereocenters. The molecule has 0 aliphatic heterocycles. The van der Waals surface area contributed by atoms with E-state index < -0.39 is 0 Å². The lowest BCUT2D eigenvalue weighted by atomic mass is 10.0. The van der Waals surface area contributed by atoms with Crippen molar-refractivity contribution in [1.82, 2.24) is 9.97 Å². The molecule has 0 radical (unpaired) electrons. The molecular formula is C12H9ClN2OS. The van der Waals surface area contributed by atoms with Crippen molar-refractivity contribution < 1.29 is 4.79 Å². The molecular weight excluding hydrogens is 256 g/mol. The Labute approximate surface area is 107 Å². The third kappa shape index (κ3) is 1.87. The number of aromatic nitrogens is 2. The fourth-order valence-electron chi connectivity index (χ4n) is 1.91. The number of halogens is 1. The molecule has 2 aromatic heterocycles. The third-order valence-electron chi connectivity index (χ3n) is 2.73. The van der Waals surface area contributed by atoms with Gasteiger partial charge in [-0.2, -0.15) is 0 Å².